The molecule has 0 aliphatic heterocycles. The Labute approximate surface area is 134 Å². The number of nitrogens with zero attached hydrogens (tertiary/aromatic N) is 3. The van der Waals surface area contributed by atoms with E-state index in [2.05, 4.69) is 34.3 Å². The highest BCUT2D eigenvalue weighted by Crippen LogP contribution is 2.21. The lowest BCUT2D eigenvalue weighted by Gasteiger charge is -2.10. The molecule has 2 aromatic heterocycles. The maximum Gasteiger partial charge on any atom is 0.253 e. The Kier molecular flexibility index (Phi) is 4.14. The molecular weight excluding hydrogens is 290 g/mol. The third-order valence-corrected chi connectivity index (χ3v) is 3.92. The number of H-pyrrole nitrogens is 1. The highest BCUT2D eigenvalue weighted by Gasteiger charge is 2.15. The molecule has 0 spiro atoms. The van der Waals surface area contributed by atoms with Crippen molar-refractivity contribution in [3.05, 3.63) is 47.7 Å². The molecule has 6 nitrogen and oxygen atoms in total. The molecule has 6 heteroatoms. The van der Waals surface area contributed by atoms with Crippen molar-refractivity contribution in [3.8, 4) is 0 Å². The van der Waals surface area contributed by atoms with Gasteiger partial charge < -0.3 is 14.9 Å². The average molecular weight is 311 g/mol. The molecule has 0 fully saturated rings. The zero-order valence-electron chi connectivity index (χ0n) is 13.6. The van der Waals surface area contributed by atoms with Crippen LogP contribution < -0.4 is 5.32 Å². The van der Waals surface area contributed by atoms with Gasteiger partial charge in [-0.1, -0.05) is 32.0 Å². The molecule has 1 aromatic carbocycles. The number of aryl methyl sites for hydroxylation is 1. The zero-order chi connectivity index (χ0) is 16.4. The number of fused-ring (bicyclic) bond motifs is 1. The molecule has 3 rings (SSSR count). The van der Waals surface area contributed by atoms with Gasteiger partial charge in [0, 0.05) is 35.6 Å². The second-order valence-electron chi connectivity index (χ2n) is 5.96. The van der Waals surface area contributed by atoms with Crippen molar-refractivity contribution in [1.29, 1.82) is 0 Å². The molecule has 120 valence electrons. The number of para-hydroxylation sites is 1. The predicted octanol–water partition coefficient (Wildman–Crippen LogP) is 2.62. The van der Waals surface area contributed by atoms with E-state index in [0.29, 0.717) is 24.6 Å². The minimum atomic E-state index is -0.0564. The predicted molar refractivity (Wildman–Crippen MR) is 89.5 cm³/mol. The summed E-state index contributed by atoms with van der Waals surface area (Å²) in [6.07, 6.45) is 1.71. The van der Waals surface area contributed by atoms with E-state index in [4.69, 9.17) is 0 Å². The van der Waals surface area contributed by atoms with Gasteiger partial charge in [-0.25, -0.2) is 0 Å². The van der Waals surface area contributed by atoms with Gasteiger partial charge in [0.15, 0.2) is 0 Å². The molecule has 1 amide bonds. The molecule has 0 aliphatic rings. The number of carbonyl (C=O) groups excluding carboxylic acids is 1. The number of amides is 1. The molecule has 0 saturated carbocycles. The fraction of sp³-hybridized carbons (Fsp3) is 0.353. The third kappa shape index (κ3) is 2.97. The van der Waals surface area contributed by atoms with Crippen LogP contribution in [-0.4, -0.2) is 32.2 Å². The van der Waals surface area contributed by atoms with E-state index >= 15 is 0 Å². The fourth-order valence-electron chi connectivity index (χ4n) is 2.83. The van der Waals surface area contributed by atoms with Gasteiger partial charge in [0.25, 0.3) is 5.91 Å². The third-order valence-electron chi connectivity index (χ3n) is 3.92. The summed E-state index contributed by atoms with van der Waals surface area (Å²) in [7, 11) is 0. The topological polar surface area (TPSA) is 75.6 Å². The van der Waals surface area contributed by atoms with Gasteiger partial charge in [0.2, 0.25) is 0 Å². The summed E-state index contributed by atoms with van der Waals surface area (Å²) < 4.78 is 1.98. The van der Waals surface area contributed by atoms with Crippen LogP contribution in [0.15, 0.2) is 30.6 Å². The highest BCUT2D eigenvalue weighted by molar-refractivity contribution is 6.08. The quantitative estimate of drug-likeness (QED) is 0.760. The van der Waals surface area contributed by atoms with Gasteiger partial charge in [0.05, 0.1) is 5.56 Å². The Balaban J connectivity index is 1.70. The van der Waals surface area contributed by atoms with E-state index in [1.54, 1.807) is 6.33 Å². The van der Waals surface area contributed by atoms with Crippen LogP contribution in [0.25, 0.3) is 10.9 Å². The van der Waals surface area contributed by atoms with Crippen LogP contribution in [0, 0.1) is 6.92 Å². The van der Waals surface area contributed by atoms with Crippen LogP contribution in [-0.2, 0) is 6.54 Å². The van der Waals surface area contributed by atoms with Crippen LogP contribution in [0.4, 0.5) is 0 Å². The highest BCUT2D eigenvalue weighted by atomic mass is 16.1. The van der Waals surface area contributed by atoms with Crippen molar-refractivity contribution in [2.75, 3.05) is 6.54 Å². The number of hydrogen-bond acceptors (Lipinski definition) is 3. The Morgan fingerprint density at radius 2 is 2.13 bits per heavy atom. The lowest BCUT2D eigenvalue weighted by atomic mass is 10.1. The number of aromatic nitrogens is 4. The van der Waals surface area contributed by atoms with Gasteiger partial charge in [-0.15, -0.1) is 10.2 Å². The summed E-state index contributed by atoms with van der Waals surface area (Å²) in [5.74, 6) is 1.19. The monoisotopic (exact) mass is 311 g/mol. The summed E-state index contributed by atoms with van der Waals surface area (Å²) >= 11 is 0. The van der Waals surface area contributed by atoms with E-state index in [1.807, 2.05) is 35.8 Å². The molecule has 0 saturated heterocycles. The van der Waals surface area contributed by atoms with Gasteiger partial charge in [-0.2, -0.15) is 0 Å². The van der Waals surface area contributed by atoms with E-state index < -0.39 is 0 Å². The van der Waals surface area contributed by atoms with Crippen molar-refractivity contribution in [3.63, 3.8) is 0 Å². The first-order valence-electron chi connectivity index (χ1n) is 7.81. The Bertz CT molecular complexity index is 830. The summed E-state index contributed by atoms with van der Waals surface area (Å²) in [5, 5.41) is 12.0. The summed E-state index contributed by atoms with van der Waals surface area (Å²) in [6.45, 7) is 7.28. The maximum absolute atomic E-state index is 12.5. The van der Waals surface area contributed by atoms with Crippen molar-refractivity contribution < 1.29 is 4.79 Å². The molecule has 2 N–H and O–H groups in total. The molecule has 0 unspecified atom stereocenters. The molecule has 0 aliphatic carbocycles. The largest absolute Gasteiger partial charge is 0.358 e. The zero-order valence-corrected chi connectivity index (χ0v) is 13.6. The molecule has 3 aromatic rings. The van der Waals surface area contributed by atoms with Gasteiger partial charge >= 0.3 is 0 Å². The standard InChI is InChI=1S/C17H21N5O/c1-11(2)16-21-19-10-22(16)9-8-18-17(23)15-12(3)20-14-7-5-4-6-13(14)15/h4-7,10-11,20H,8-9H2,1-3H3,(H,18,23). The van der Waals surface area contributed by atoms with Crippen LogP contribution >= 0.6 is 0 Å². The fourth-order valence-corrected chi connectivity index (χ4v) is 2.83. The van der Waals surface area contributed by atoms with Gasteiger partial charge in [-0.05, 0) is 13.0 Å². The number of hydrogen-bond donors (Lipinski definition) is 2. The van der Waals surface area contributed by atoms with E-state index in [1.165, 1.54) is 0 Å². The van der Waals surface area contributed by atoms with Crippen molar-refractivity contribution >= 4 is 16.8 Å². The van der Waals surface area contributed by atoms with E-state index in [9.17, 15) is 4.79 Å². The molecule has 2 heterocycles. The van der Waals surface area contributed by atoms with E-state index in [0.717, 1.165) is 22.4 Å². The van der Waals surface area contributed by atoms with E-state index in [-0.39, 0.29) is 5.91 Å². The minimum Gasteiger partial charge on any atom is -0.358 e. The van der Waals surface area contributed by atoms with Crippen LogP contribution in [0.2, 0.25) is 0 Å². The lowest BCUT2D eigenvalue weighted by molar-refractivity contribution is 0.0953. The van der Waals surface area contributed by atoms with Crippen LogP contribution in [0.1, 0.15) is 41.6 Å². The Hall–Kier alpha value is -2.63. The molecule has 0 atom stereocenters. The number of nitrogens with one attached hydrogen (secondary N) is 2. The van der Waals surface area contributed by atoms with Crippen molar-refractivity contribution in [2.24, 2.45) is 0 Å². The average Bonchev–Trinajstić information content (AvgIpc) is 3.10. The van der Waals surface area contributed by atoms with Crippen LogP contribution in [0.3, 0.4) is 0 Å². The SMILES string of the molecule is Cc1[nH]c2ccccc2c1C(=O)NCCn1cnnc1C(C)C. The second-order valence-corrected chi connectivity index (χ2v) is 5.96. The number of rotatable bonds is 5. The molecule has 23 heavy (non-hydrogen) atoms. The smallest absolute Gasteiger partial charge is 0.253 e. The van der Waals surface area contributed by atoms with Gasteiger partial charge in [-0.3, -0.25) is 4.79 Å². The minimum absolute atomic E-state index is 0.0564. The normalized spacial score (nSPS) is 11.3. The lowest BCUT2D eigenvalue weighted by Crippen LogP contribution is -2.28. The second kappa shape index (κ2) is 6.24. The molecule has 0 radical (unpaired) electrons. The Morgan fingerprint density at radius 3 is 2.91 bits per heavy atom. The molecular formula is C17H21N5O. The maximum atomic E-state index is 12.5. The first-order valence-corrected chi connectivity index (χ1v) is 7.81. The first-order chi connectivity index (χ1) is 11.1. The first kappa shape index (κ1) is 15.3. The number of aromatic amines is 1. The number of benzene rings is 1. The van der Waals surface area contributed by atoms with Crippen molar-refractivity contribution in [2.45, 2.75) is 33.2 Å². The van der Waals surface area contributed by atoms with Crippen LogP contribution in [0.5, 0.6) is 0 Å². The summed E-state index contributed by atoms with van der Waals surface area (Å²) in [6, 6.07) is 7.84. The van der Waals surface area contributed by atoms with Crippen molar-refractivity contribution in [1.82, 2.24) is 25.1 Å². The van der Waals surface area contributed by atoms with Gasteiger partial charge in [0.1, 0.15) is 12.2 Å². The molecule has 0 bridgehead atoms. The Morgan fingerprint density at radius 1 is 1.35 bits per heavy atom. The number of carbonyl (C=O) groups is 1. The summed E-state index contributed by atoms with van der Waals surface area (Å²) in [4.78, 5) is 15.8. The summed E-state index contributed by atoms with van der Waals surface area (Å²) in [5.41, 5.74) is 2.58.